The first-order chi connectivity index (χ1) is 7.06. The van der Waals surface area contributed by atoms with Crippen LogP contribution in [0.25, 0.3) is 0 Å². The van der Waals surface area contributed by atoms with Gasteiger partial charge in [-0.15, -0.1) is 11.8 Å². The van der Waals surface area contributed by atoms with Crippen molar-refractivity contribution in [1.29, 1.82) is 0 Å². The first-order valence-electron chi connectivity index (χ1n) is 5.17. The number of rotatable bonds is 4. The highest BCUT2D eigenvalue weighted by Gasteiger charge is 2.11. The van der Waals surface area contributed by atoms with Crippen LogP contribution in [-0.2, 0) is 0 Å². The van der Waals surface area contributed by atoms with Gasteiger partial charge in [-0.2, -0.15) is 0 Å². The molecule has 0 aliphatic carbocycles. The molecule has 1 nitrogen and oxygen atoms in total. The Labute approximate surface area is 94.7 Å². The van der Waals surface area contributed by atoms with E-state index in [-0.39, 0.29) is 5.82 Å². The van der Waals surface area contributed by atoms with Gasteiger partial charge in [0.15, 0.2) is 0 Å². The molecule has 0 aliphatic rings. The van der Waals surface area contributed by atoms with E-state index in [9.17, 15) is 9.50 Å². The van der Waals surface area contributed by atoms with E-state index in [0.717, 1.165) is 17.1 Å². The fourth-order valence-corrected chi connectivity index (χ4v) is 2.41. The van der Waals surface area contributed by atoms with Gasteiger partial charge in [0.05, 0.1) is 6.10 Å². The third-order valence-electron chi connectivity index (χ3n) is 2.20. The number of aliphatic hydroxyl groups excluding tert-OH is 1. The molecule has 1 aromatic rings. The van der Waals surface area contributed by atoms with Crippen molar-refractivity contribution in [3.63, 3.8) is 0 Å². The van der Waals surface area contributed by atoms with Crippen LogP contribution < -0.4 is 0 Å². The summed E-state index contributed by atoms with van der Waals surface area (Å²) in [6.45, 7) is 5.52. The lowest BCUT2D eigenvalue weighted by molar-refractivity contribution is 0.196. The lowest BCUT2D eigenvalue weighted by atomic mass is 10.1. The lowest BCUT2D eigenvalue weighted by Gasteiger charge is -2.13. The number of benzene rings is 1. The Morgan fingerprint density at radius 1 is 1.47 bits per heavy atom. The van der Waals surface area contributed by atoms with Crippen LogP contribution >= 0.6 is 11.8 Å². The lowest BCUT2D eigenvalue weighted by Crippen LogP contribution is -1.97. The highest BCUT2D eigenvalue weighted by molar-refractivity contribution is 7.99. The normalized spacial score (nSPS) is 12.9. The van der Waals surface area contributed by atoms with Crippen molar-refractivity contribution in [1.82, 2.24) is 0 Å². The van der Waals surface area contributed by atoms with Gasteiger partial charge in [0, 0.05) is 4.90 Å². The van der Waals surface area contributed by atoms with E-state index in [2.05, 4.69) is 6.92 Å². The summed E-state index contributed by atoms with van der Waals surface area (Å²) >= 11 is 1.67. The van der Waals surface area contributed by atoms with Crippen LogP contribution in [0.2, 0.25) is 0 Å². The van der Waals surface area contributed by atoms with Gasteiger partial charge in [-0.05, 0) is 49.3 Å². The Morgan fingerprint density at radius 2 is 2.13 bits per heavy atom. The predicted molar refractivity (Wildman–Crippen MR) is 62.8 cm³/mol. The SMILES string of the molecule is CCCSc1cc(C)c(F)cc1[C@H](C)O. The Balaban J connectivity index is 3.04. The van der Waals surface area contributed by atoms with Crippen molar-refractivity contribution in [2.75, 3.05) is 5.75 Å². The minimum Gasteiger partial charge on any atom is -0.389 e. The summed E-state index contributed by atoms with van der Waals surface area (Å²) in [6.07, 6.45) is 0.458. The molecule has 1 N–H and O–H groups in total. The van der Waals surface area contributed by atoms with Gasteiger partial charge in [0.25, 0.3) is 0 Å². The van der Waals surface area contributed by atoms with E-state index >= 15 is 0 Å². The maximum atomic E-state index is 13.3. The number of aryl methyl sites for hydroxylation is 1. The molecule has 1 atom stereocenters. The van der Waals surface area contributed by atoms with E-state index in [1.807, 2.05) is 6.07 Å². The number of aliphatic hydroxyl groups is 1. The zero-order valence-electron chi connectivity index (χ0n) is 9.38. The largest absolute Gasteiger partial charge is 0.389 e. The maximum absolute atomic E-state index is 13.3. The van der Waals surface area contributed by atoms with Crippen LogP contribution in [0.5, 0.6) is 0 Å². The summed E-state index contributed by atoms with van der Waals surface area (Å²) in [4.78, 5) is 0.991. The smallest absolute Gasteiger partial charge is 0.126 e. The van der Waals surface area contributed by atoms with Gasteiger partial charge >= 0.3 is 0 Å². The number of hydrogen-bond acceptors (Lipinski definition) is 2. The number of halogens is 1. The molecule has 1 rings (SSSR count). The average molecular weight is 228 g/mol. The van der Waals surface area contributed by atoms with E-state index in [0.29, 0.717) is 11.1 Å². The molecule has 0 radical (unpaired) electrons. The molecule has 0 bridgehead atoms. The van der Waals surface area contributed by atoms with E-state index in [1.54, 1.807) is 25.6 Å². The Hall–Kier alpha value is -0.540. The van der Waals surface area contributed by atoms with E-state index in [1.165, 1.54) is 6.07 Å². The molecular formula is C12H17FOS. The minimum absolute atomic E-state index is 0.244. The van der Waals surface area contributed by atoms with Gasteiger partial charge in [-0.1, -0.05) is 6.92 Å². The molecule has 0 saturated heterocycles. The first kappa shape index (κ1) is 12.5. The molecule has 0 unspecified atom stereocenters. The van der Waals surface area contributed by atoms with Crippen LogP contribution in [0.1, 0.15) is 37.5 Å². The Kier molecular flexibility index (Phi) is 4.61. The quantitative estimate of drug-likeness (QED) is 0.793. The molecule has 0 saturated carbocycles. The maximum Gasteiger partial charge on any atom is 0.126 e. The van der Waals surface area contributed by atoms with Gasteiger partial charge in [0.2, 0.25) is 0 Å². The monoisotopic (exact) mass is 228 g/mol. The Bertz CT molecular complexity index is 337. The first-order valence-corrected chi connectivity index (χ1v) is 6.15. The van der Waals surface area contributed by atoms with Crippen LogP contribution in [0, 0.1) is 12.7 Å². The summed E-state index contributed by atoms with van der Waals surface area (Å²) in [5.41, 5.74) is 1.33. The topological polar surface area (TPSA) is 20.2 Å². The van der Waals surface area contributed by atoms with Gasteiger partial charge < -0.3 is 5.11 Å². The predicted octanol–water partition coefficient (Wildman–Crippen LogP) is 3.69. The van der Waals surface area contributed by atoms with Crippen molar-refractivity contribution >= 4 is 11.8 Å². The summed E-state index contributed by atoms with van der Waals surface area (Å²) in [5.74, 6) is 0.747. The second-order valence-electron chi connectivity index (χ2n) is 3.66. The zero-order valence-corrected chi connectivity index (χ0v) is 10.2. The van der Waals surface area contributed by atoms with Crippen molar-refractivity contribution < 1.29 is 9.50 Å². The van der Waals surface area contributed by atoms with Crippen LogP contribution in [0.15, 0.2) is 17.0 Å². The molecule has 3 heteroatoms. The molecule has 15 heavy (non-hydrogen) atoms. The summed E-state index contributed by atoms with van der Waals surface area (Å²) in [7, 11) is 0. The van der Waals surface area contributed by atoms with Crippen molar-refractivity contribution in [3.8, 4) is 0 Å². The summed E-state index contributed by atoms with van der Waals surface area (Å²) in [5, 5.41) is 9.54. The second-order valence-corrected chi connectivity index (χ2v) is 4.80. The molecule has 0 fully saturated rings. The van der Waals surface area contributed by atoms with Crippen molar-refractivity contribution in [3.05, 3.63) is 29.1 Å². The molecular weight excluding hydrogens is 211 g/mol. The van der Waals surface area contributed by atoms with E-state index in [4.69, 9.17) is 0 Å². The fourth-order valence-electron chi connectivity index (χ4n) is 1.33. The molecule has 1 aromatic carbocycles. The fraction of sp³-hybridized carbons (Fsp3) is 0.500. The molecule has 0 aromatic heterocycles. The van der Waals surface area contributed by atoms with Gasteiger partial charge in [-0.3, -0.25) is 0 Å². The Morgan fingerprint density at radius 3 is 2.67 bits per heavy atom. The molecule has 84 valence electrons. The molecule has 0 spiro atoms. The van der Waals surface area contributed by atoms with Gasteiger partial charge in [-0.25, -0.2) is 4.39 Å². The summed E-state index contributed by atoms with van der Waals surface area (Å²) < 4.78 is 13.3. The highest BCUT2D eigenvalue weighted by atomic mass is 32.2. The molecule has 0 aliphatic heterocycles. The van der Waals surface area contributed by atoms with Gasteiger partial charge in [0.1, 0.15) is 5.82 Å². The molecule has 0 amide bonds. The highest BCUT2D eigenvalue weighted by Crippen LogP contribution is 2.30. The molecule has 0 heterocycles. The zero-order chi connectivity index (χ0) is 11.4. The standard InChI is InChI=1S/C12H17FOS/c1-4-5-15-12-6-8(2)11(13)7-10(12)9(3)14/h6-7,9,14H,4-5H2,1-3H3/t9-/m0/s1. The van der Waals surface area contributed by atoms with Crippen LogP contribution in [0.4, 0.5) is 4.39 Å². The van der Waals surface area contributed by atoms with Crippen molar-refractivity contribution in [2.45, 2.75) is 38.2 Å². The van der Waals surface area contributed by atoms with E-state index < -0.39 is 6.10 Å². The third kappa shape index (κ3) is 3.21. The van der Waals surface area contributed by atoms with Crippen LogP contribution in [-0.4, -0.2) is 10.9 Å². The summed E-state index contributed by atoms with van der Waals surface area (Å²) in [6, 6.07) is 3.26. The number of thioether (sulfide) groups is 1. The van der Waals surface area contributed by atoms with Crippen LogP contribution in [0.3, 0.4) is 0 Å². The van der Waals surface area contributed by atoms with Crippen molar-refractivity contribution in [2.24, 2.45) is 0 Å². The minimum atomic E-state index is -0.612. The number of hydrogen-bond donors (Lipinski definition) is 1. The third-order valence-corrected chi connectivity index (χ3v) is 3.48. The second kappa shape index (κ2) is 5.52. The average Bonchev–Trinajstić information content (AvgIpc) is 2.19.